The second-order valence-corrected chi connectivity index (χ2v) is 4.09. The lowest BCUT2D eigenvalue weighted by Crippen LogP contribution is -2.00. The molecule has 0 amide bonds. The van der Waals surface area contributed by atoms with E-state index in [2.05, 4.69) is 5.32 Å². The lowest BCUT2D eigenvalue weighted by Gasteiger charge is -2.09. The van der Waals surface area contributed by atoms with Crippen LogP contribution in [0, 0.1) is 18.6 Å². The lowest BCUT2D eigenvalue weighted by atomic mass is 10.1. The number of hydrogen-bond acceptors (Lipinski definition) is 2. The standard InChI is InChI=1S/C14H11F2NO2/c1-8-6-9(2-4-11(8)14(18)19)17-10-3-5-12(15)13(16)7-10/h2-7,17H,1H3,(H,18,19). The van der Waals surface area contributed by atoms with E-state index in [1.165, 1.54) is 12.1 Å². The van der Waals surface area contributed by atoms with Crippen LogP contribution < -0.4 is 5.32 Å². The minimum absolute atomic E-state index is 0.204. The van der Waals surface area contributed by atoms with Crippen molar-refractivity contribution in [3.63, 3.8) is 0 Å². The summed E-state index contributed by atoms with van der Waals surface area (Å²) in [5, 5.41) is 11.8. The Bertz CT molecular complexity index is 641. The van der Waals surface area contributed by atoms with Crippen LogP contribution in [-0.4, -0.2) is 11.1 Å². The van der Waals surface area contributed by atoms with E-state index in [0.717, 1.165) is 12.1 Å². The Morgan fingerprint density at radius 1 is 1.05 bits per heavy atom. The first kappa shape index (κ1) is 13.0. The van der Waals surface area contributed by atoms with E-state index in [4.69, 9.17) is 5.11 Å². The average molecular weight is 263 g/mol. The van der Waals surface area contributed by atoms with Crippen LogP contribution in [0.2, 0.25) is 0 Å². The van der Waals surface area contributed by atoms with Gasteiger partial charge < -0.3 is 10.4 Å². The van der Waals surface area contributed by atoms with Crippen molar-refractivity contribution in [3.05, 3.63) is 59.2 Å². The van der Waals surface area contributed by atoms with E-state index in [9.17, 15) is 13.6 Å². The maximum atomic E-state index is 13.0. The van der Waals surface area contributed by atoms with Gasteiger partial charge in [0.15, 0.2) is 11.6 Å². The molecule has 0 radical (unpaired) electrons. The Hall–Kier alpha value is -2.43. The Labute approximate surface area is 108 Å². The zero-order valence-corrected chi connectivity index (χ0v) is 10.1. The highest BCUT2D eigenvalue weighted by Gasteiger charge is 2.08. The van der Waals surface area contributed by atoms with Crippen molar-refractivity contribution in [2.45, 2.75) is 6.92 Å². The van der Waals surface area contributed by atoms with Gasteiger partial charge in [0.1, 0.15) is 0 Å². The predicted octanol–water partition coefficient (Wildman–Crippen LogP) is 3.72. The molecule has 0 saturated carbocycles. The van der Waals surface area contributed by atoms with Crippen LogP contribution in [0.4, 0.5) is 20.2 Å². The Morgan fingerprint density at radius 2 is 1.68 bits per heavy atom. The molecule has 0 aliphatic rings. The Morgan fingerprint density at radius 3 is 2.26 bits per heavy atom. The average Bonchev–Trinajstić information content (AvgIpc) is 2.33. The minimum Gasteiger partial charge on any atom is -0.478 e. The summed E-state index contributed by atoms with van der Waals surface area (Å²) in [5.41, 5.74) is 1.78. The van der Waals surface area contributed by atoms with Crippen LogP contribution >= 0.6 is 0 Å². The summed E-state index contributed by atoms with van der Waals surface area (Å²) in [6.45, 7) is 1.67. The van der Waals surface area contributed by atoms with Gasteiger partial charge in [-0.1, -0.05) is 0 Å². The van der Waals surface area contributed by atoms with Gasteiger partial charge in [0.2, 0.25) is 0 Å². The molecule has 3 nitrogen and oxygen atoms in total. The molecule has 0 aromatic heterocycles. The number of rotatable bonds is 3. The van der Waals surface area contributed by atoms with Crippen molar-refractivity contribution in [1.82, 2.24) is 0 Å². The second kappa shape index (κ2) is 5.06. The van der Waals surface area contributed by atoms with Crippen molar-refractivity contribution >= 4 is 17.3 Å². The maximum absolute atomic E-state index is 13.0. The third-order valence-electron chi connectivity index (χ3n) is 2.67. The number of aryl methyl sites for hydroxylation is 1. The summed E-state index contributed by atoms with van der Waals surface area (Å²) >= 11 is 0. The number of benzene rings is 2. The fraction of sp³-hybridized carbons (Fsp3) is 0.0714. The monoisotopic (exact) mass is 263 g/mol. The fourth-order valence-corrected chi connectivity index (χ4v) is 1.72. The molecule has 2 aromatic carbocycles. The first-order chi connectivity index (χ1) is 8.97. The topological polar surface area (TPSA) is 49.3 Å². The van der Waals surface area contributed by atoms with E-state index >= 15 is 0 Å². The van der Waals surface area contributed by atoms with Gasteiger partial charge in [-0.2, -0.15) is 0 Å². The highest BCUT2D eigenvalue weighted by atomic mass is 19.2. The fourth-order valence-electron chi connectivity index (χ4n) is 1.72. The molecule has 19 heavy (non-hydrogen) atoms. The summed E-state index contributed by atoms with van der Waals surface area (Å²) in [5.74, 6) is -2.86. The van der Waals surface area contributed by atoms with E-state index in [-0.39, 0.29) is 5.56 Å². The van der Waals surface area contributed by atoms with Crippen molar-refractivity contribution in [2.75, 3.05) is 5.32 Å². The van der Waals surface area contributed by atoms with Crippen LogP contribution in [0.25, 0.3) is 0 Å². The molecule has 0 aliphatic carbocycles. The Balaban J connectivity index is 2.26. The smallest absolute Gasteiger partial charge is 0.335 e. The van der Waals surface area contributed by atoms with Gasteiger partial charge in [0.25, 0.3) is 0 Å². The molecular weight excluding hydrogens is 252 g/mol. The van der Waals surface area contributed by atoms with E-state index in [1.807, 2.05) is 0 Å². The van der Waals surface area contributed by atoms with E-state index in [1.54, 1.807) is 19.1 Å². The molecular formula is C14H11F2NO2. The van der Waals surface area contributed by atoms with Crippen molar-refractivity contribution in [2.24, 2.45) is 0 Å². The third-order valence-corrected chi connectivity index (χ3v) is 2.67. The molecule has 0 atom stereocenters. The van der Waals surface area contributed by atoms with Crippen LogP contribution in [0.1, 0.15) is 15.9 Å². The largest absolute Gasteiger partial charge is 0.478 e. The SMILES string of the molecule is Cc1cc(Nc2ccc(F)c(F)c2)ccc1C(=O)O. The van der Waals surface area contributed by atoms with Gasteiger partial charge in [-0.3, -0.25) is 0 Å². The predicted molar refractivity (Wildman–Crippen MR) is 67.8 cm³/mol. The number of aromatic carboxylic acids is 1. The van der Waals surface area contributed by atoms with Crippen molar-refractivity contribution < 1.29 is 18.7 Å². The normalized spacial score (nSPS) is 10.3. The molecule has 0 heterocycles. The molecule has 98 valence electrons. The summed E-state index contributed by atoms with van der Waals surface area (Å²) < 4.78 is 25.8. The molecule has 2 rings (SSSR count). The lowest BCUT2D eigenvalue weighted by molar-refractivity contribution is 0.0696. The highest BCUT2D eigenvalue weighted by molar-refractivity contribution is 5.90. The van der Waals surface area contributed by atoms with E-state index in [0.29, 0.717) is 16.9 Å². The molecule has 2 aromatic rings. The van der Waals surface area contributed by atoms with Crippen LogP contribution in [0.3, 0.4) is 0 Å². The van der Waals surface area contributed by atoms with Gasteiger partial charge in [-0.05, 0) is 42.8 Å². The summed E-state index contributed by atoms with van der Waals surface area (Å²) in [6.07, 6.45) is 0. The van der Waals surface area contributed by atoms with Crippen molar-refractivity contribution in [1.29, 1.82) is 0 Å². The molecule has 5 heteroatoms. The van der Waals surface area contributed by atoms with Crippen molar-refractivity contribution in [3.8, 4) is 0 Å². The minimum atomic E-state index is -1.00. The van der Waals surface area contributed by atoms with Gasteiger partial charge in [-0.15, -0.1) is 0 Å². The highest BCUT2D eigenvalue weighted by Crippen LogP contribution is 2.21. The molecule has 0 aliphatic heterocycles. The number of carbonyl (C=O) groups is 1. The van der Waals surface area contributed by atoms with Gasteiger partial charge in [0, 0.05) is 17.4 Å². The molecule has 0 unspecified atom stereocenters. The van der Waals surface area contributed by atoms with Crippen LogP contribution in [0.15, 0.2) is 36.4 Å². The van der Waals surface area contributed by atoms with Gasteiger partial charge >= 0.3 is 5.97 Å². The quantitative estimate of drug-likeness (QED) is 0.887. The number of nitrogens with one attached hydrogen (secondary N) is 1. The summed E-state index contributed by atoms with van der Waals surface area (Å²) in [7, 11) is 0. The van der Waals surface area contributed by atoms with E-state index < -0.39 is 17.6 Å². The van der Waals surface area contributed by atoms with Crippen LogP contribution in [0.5, 0.6) is 0 Å². The second-order valence-electron chi connectivity index (χ2n) is 4.09. The number of halogens is 2. The molecule has 0 spiro atoms. The third kappa shape index (κ3) is 2.88. The Kier molecular flexibility index (Phi) is 3.46. The zero-order valence-electron chi connectivity index (χ0n) is 10.1. The number of anilines is 2. The summed E-state index contributed by atoms with van der Waals surface area (Å²) in [6, 6.07) is 8.12. The zero-order chi connectivity index (χ0) is 14.0. The molecule has 0 saturated heterocycles. The first-order valence-corrected chi connectivity index (χ1v) is 5.53. The van der Waals surface area contributed by atoms with Crippen LogP contribution in [-0.2, 0) is 0 Å². The maximum Gasteiger partial charge on any atom is 0.335 e. The van der Waals surface area contributed by atoms with Gasteiger partial charge in [0.05, 0.1) is 5.56 Å². The summed E-state index contributed by atoms with van der Waals surface area (Å²) in [4.78, 5) is 10.9. The molecule has 0 fully saturated rings. The number of carboxylic acids is 1. The molecule has 2 N–H and O–H groups in total. The number of hydrogen-bond donors (Lipinski definition) is 2. The molecule has 0 bridgehead atoms. The van der Waals surface area contributed by atoms with Gasteiger partial charge in [-0.25, -0.2) is 13.6 Å². The first-order valence-electron chi connectivity index (χ1n) is 5.53. The number of carboxylic acid groups (broad SMARTS) is 1.